The fraction of sp³-hybridized carbons (Fsp3) is 0.0833. The lowest BCUT2D eigenvalue weighted by atomic mass is 10.1. The fourth-order valence-electron chi connectivity index (χ4n) is 3.18. The molecule has 1 aromatic heterocycles. The Morgan fingerprint density at radius 2 is 1.53 bits per heavy atom. The Hall–Kier alpha value is -4.06. The van der Waals surface area contributed by atoms with Crippen molar-refractivity contribution < 1.29 is 14.3 Å². The number of benzene rings is 3. The molecule has 4 rings (SSSR count). The second-order valence-corrected chi connectivity index (χ2v) is 6.61. The molecule has 0 aliphatic heterocycles. The van der Waals surface area contributed by atoms with Gasteiger partial charge >= 0.3 is 0 Å². The predicted octanol–water partition coefficient (Wildman–Crippen LogP) is 5.25. The molecule has 1 amide bonds. The van der Waals surface area contributed by atoms with E-state index in [0.717, 1.165) is 22.2 Å². The second kappa shape index (κ2) is 8.53. The van der Waals surface area contributed by atoms with Crippen LogP contribution in [-0.2, 0) is 0 Å². The summed E-state index contributed by atoms with van der Waals surface area (Å²) in [6.07, 6.45) is 1.59. The Balaban J connectivity index is 1.65. The number of ether oxygens (including phenoxy) is 2. The molecular formula is C24H21N3O3. The molecule has 3 aromatic carbocycles. The summed E-state index contributed by atoms with van der Waals surface area (Å²) in [5.74, 6) is 1.90. The maximum atomic E-state index is 12.9. The van der Waals surface area contributed by atoms with E-state index < -0.39 is 0 Å². The number of aromatic nitrogens is 1. The topological polar surface area (TPSA) is 72.5 Å². The predicted molar refractivity (Wildman–Crippen MR) is 119 cm³/mol. The lowest BCUT2D eigenvalue weighted by molar-refractivity contribution is 0.102. The monoisotopic (exact) mass is 399 g/mol. The van der Waals surface area contributed by atoms with Crippen LogP contribution in [0, 0.1) is 0 Å². The maximum Gasteiger partial charge on any atom is 0.257 e. The van der Waals surface area contributed by atoms with E-state index in [1.807, 2.05) is 66.7 Å². The Labute approximate surface area is 174 Å². The van der Waals surface area contributed by atoms with Gasteiger partial charge in [-0.1, -0.05) is 30.3 Å². The van der Waals surface area contributed by atoms with Gasteiger partial charge in [0.1, 0.15) is 17.3 Å². The Morgan fingerprint density at radius 3 is 2.27 bits per heavy atom. The summed E-state index contributed by atoms with van der Waals surface area (Å²) in [4.78, 5) is 17.5. The average Bonchev–Trinajstić information content (AvgIpc) is 2.80. The quantitative estimate of drug-likeness (QED) is 0.463. The Kier molecular flexibility index (Phi) is 5.48. The summed E-state index contributed by atoms with van der Waals surface area (Å²) in [7, 11) is 3.22. The van der Waals surface area contributed by atoms with Crippen LogP contribution in [0.1, 0.15) is 10.4 Å². The normalized spacial score (nSPS) is 10.5. The summed E-state index contributed by atoms with van der Waals surface area (Å²) in [6, 6.07) is 22.5. The third-order valence-electron chi connectivity index (χ3n) is 4.72. The molecule has 0 aliphatic rings. The minimum atomic E-state index is -0.233. The number of methoxy groups -OCH3 is 2. The molecular weight excluding hydrogens is 378 g/mol. The van der Waals surface area contributed by atoms with Gasteiger partial charge in [-0.3, -0.25) is 4.79 Å². The first-order chi connectivity index (χ1) is 14.7. The van der Waals surface area contributed by atoms with E-state index in [0.29, 0.717) is 22.8 Å². The highest BCUT2D eigenvalue weighted by atomic mass is 16.5. The Bertz CT molecular complexity index is 1190. The Morgan fingerprint density at radius 1 is 0.800 bits per heavy atom. The van der Waals surface area contributed by atoms with Crippen LogP contribution in [0.5, 0.6) is 11.5 Å². The van der Waals surface area contributed by atoms with Crippen molar-refractivity contribution in [3.8, 4) is 11.5 Å². The molecule has 4 aromatic rings. The molecule has 0 unspecified atom stereocenters. The number of pyridine rings is 1. The van der Waals surface area contributed by atoms with Crippen molar-refractivity contribution in [3.63, 3.8) is 0 Å². The SMILES string of the molecule is COc1ccc(Nc2ncc(C(=O)Nc3cccc(OC)c3)c3ccccc23)cc1. The molecule has 0 spiro atoms. The first-order valence-electron chi connectivity index (χ1n) is 9.42. The molecule has 30 heavy (non-hydrogen) atoms. The first-order valence-corrected chi connectivity index (χ1v) is 9.42. The summed E-state index contributed by atoms with van der Waals surface area (Å²) < 4.78 is 10.4. The number of nitrogens with zero attached hydrogens (tertiary/aromatic N) is 1. The van der Waals surface area contributed by atoms with Crippen LogP contribution in [0.3, 0.4) is 0 Å². The lowest BCUT2D eigenvalue weighted by Crippen LogP contribution is -2.13. The third-order valence-corrected chi connectivity index (χ3v) is 4.72. The maximum absolute atomic E-state index is 12.9. The van der Waals surface area contributed by atoms with Gasteiger partial charge in [0.2, 0.25) is 0 Å². The summed E-state index contributed by atoms with van der Waals surface area (Å²) in [5.41, 5.74) is 2.03. The number of amides is 1. The molecule has 0 bridgehead atoms. The van der Waals surface area contributed by atoms with Crippen LogP contribution in [0.15, 0.2) is 79.0 Å². The first kappa shape index (κ1) is 19.3. The van der Waals surface area contributed by atoms with Crippen molar-refractivity contribution in [1.82, 2.24) is 4.98 Å². The van der Waals surface area contributed by atoms with Crippen molar-refractivity contribution in [3.05, 3.63) is 84.6 Å². The van der Waals surface area contributed by atoms with E-state index in [4.69, 9.17) is 9.47 Å². The molecule has 0 saturated carbocycles. The van der Waals surface area contributed by atoms with Gasteiger partial charge in [-0.2, -0.15) is 0 Å². The molecule has 2 N–H and O–H groups in total. The highest BCUT2D eigenvalue weighted by molar-refractivity contribution is 6.14. The largest absolute Gasteiger partial charge is 0.497 e. The van der Waals surface area contributed by atoms with Gasteiger partial charge in [-0.05, 0) is 41.8 Å². The van der Waals surface area contributed by atoms with Crippen molar-refractivity contribution >= 4 is 33.9 Å². The molecule has 0 atom stereocenters. The number of nitrogens with one attached hydrogen (secondary N) is 2. The van der Waals surface area contributed by atoms with Gasteiger partial charge in [-0.25, -0.2) is 4.98 Å². The van der Waals surface area contributed by atoms with Crippen LogP contribution in [0.4, 0.5) is 17.2 Å². The number of anilines is 3. The number of hydrogen-bond donors (Lipinski definition) is 2. The number of rotatable bonds is 6. The third kappa shape index (κ3) is 4.03. The fourth-order valence-corrected chi connectivity index (χ4v) is 3.18. The number of carbonyl (C=O) groups is 1. The van der Waals surface area contributed by atoms with Gasteiger partial charge in [0.25, 0.3) is 5.91 Å². The second-order valence-electron chi connectivity index (χ2n) is 6.61. The van der Waals surface area contributed by atoms with E-state index in [1.54, 1.807) is 26.5 Å². The zero-order chi connectivity index (χ0) is 20.9. The molecule has 0 radical (unpaired) electrons. The number of fused-ring (bicyclic) bond motifs is 1. The van der Waals surface area contributed by atoms with Crippen molar-refractivity contribution in [2.24, 2.45) is 0 Å². The van der Waals surface area contributed by atoms with Gasteiger partial charge in [0.15, 0.2) is 0 Å². The highest BCUT2D eigenvalue weighted by Gasteiger charge is 2.14. The van der Waals surface area contributed by atoms with Crippen LogP contribution >= 0.6 is 0 Å². The van der Waals surface area contributed by atoms with E-state index in [1.165, 1.54) is 0 Å². The zero-order valence-corrected chi connectivity index (χ0v) is 16.7. The molecule has 150 valence electrons. The number of carbonyl (C=O) groups excluding carboxylic acids is 1. The van der Waals surface area contributed by atoms with E-state index >= 15 is 0 Å². The lowest BCUT2D eigenvalue weighted by Gasteiger charge is -2.13. The summed E-state index contributed by atoms with van der Waals surface area (Å²) in [5, 5.41) is 7.89. The van der Waals surface area contributed by atoms with E-state index in [-0.39, 0.29) is 5.91 Å². The van der Waals surface area contributed by atoms with E-state index in [9.17, 15) is 4.79 Å². The average molecular weight is 399 g/mol. The van der Waals surface area contributed by atoms with Crippen LogP contribution < -0.4 is 20.1 Å². The van der Waals surface area contributed by atoms with Crippen LogP contribution in [0.2, 0.25) is 0 Å². The zero-order valence-electron chi connectivity index (χ0n) is 16.7. The minimum Gasteiger partial charge on any atom is -0.497 e. The van der Waals surface area contributed by atoms with Crippen molar-refractivity contribution in [2.75, 3.05) is 24.9 Å². The van der Waals surface area contributed by atoms with Crippen LogP contribution in [0.25, 0.3) is 10.8 Å². The molecule has 6 nitrogen and oxygen atoms in total. The molecule has 0 saturated heterocycles. The van der Waals surface area contributed by atoms with Gasteiger partial charge in [0, 0.05) is 29.0 Å². The van der Waals surface area contributed by atoms with E-state index in [2.05, 4.69) is 15.6 Å². The van der Waals surface area contributed by atoms with Crippen molar-refractivity contribution in [1.29, 1.82) is 0 Å². The minimum absolute atomic E-state index is 0.233. The standard InChI is InChI=1S/C24H21N3O3/c1-29-18-12-10-16(11-13-18)26-23-21-9-4-3-8-20(21)22(15-25-23)24(28)27-17-6-5-7-19(14-17)30-2/h3-15H,1-2H3,(H,25,26)(H,27,28). The van der Waals surface area contributed by atoms with Crippen molar-refractivity contribution in [2.45, 2.75) is 0 Å². The molecule has 1 heterocycles. The van der Waals surface area contributed by atoms with Gasteiger partial charge in [0.05, 0.1) is 19.8 Å². The molecule has 6 heteroatoms. The smallest absolute Gasteiger partial charge is 0.257 e. The van der Waals surface area contributed by atoms with Crippen LogP contribution in [-0.4, -0.2) is 25.1 Å². The van der Waals surface area contributed by atoms with Gasteiger partial charge < -0.3 is 20.1 Å². The molecule has 0 fully saturated rings. The van der Waals surface area contributed by atoms with Gasteiger partial charge in [-0.15, -0.1) is 0 Å². The summed E-state index contributed by atoms with van der Waals surface area (Å²) in [6.45, 7) is 0. The highest BCUT2D eigenvalue weighted by Crippen LogP contribution is 2.28. The number of hydrogen-bond acceptors (Lipinski definition) is 5. The molecule has 0 aliphatic carbocycles. The summed E-state index contributed by atoms with van der Waals surface area (Å²) >= 11 is 0.